The second-order valence-electron chi connectivity index (χ2n) is 6.20. The molecule has 0 saturated heterocycles. The topological polar surface area (TPSA) is 111 Å². The lowest BCUT2D eigenvalue weighted by Crippen LogP contribution is -2.45. The van der Waals surface area contributed by atoms with E-state index in [2.05, 4.69) is 33.9 Å². The van der Waals surface area contributed by atoms with Crippen molar-refractivity contribution >= 4 is 16.2 Å². The van der Waals surface area contributed by atoms with E-state index in [1.807, 2.05) is 18.2 Å². The van der Waals surface area contributed by atoms with Crippen molar-refractivity contribution in [2.24, 2.45) is 5.73 Å². The molecule has 7 nitrogen and oxygen atoms in total. The van der Waals surface area contributed by atoms with Crippen LogP contribution in [0.4, 0.5) is 4.79 Å². The summed E-state index contributed by atoms with van der Waals surface area (Å²) >= 11 is 0. The van der Waals surface area contributed by atoms with Gasteiger partial charge in [-0.3, -0.25) is 0 Å². The summed E-state index contributed by atoms with van der Waals surface area (Å²) < 4.78 is 26.4. The summed E-state index contributed by atoms with van der Waals surface area (Å²) in [6.07, 6.45) is 3.15. The molecule has 0 radical (unpaired) electrons. The van der Waals surface area contributed by atoms with Crippen LogP contribution in [0.5, 0.6) is 0 Å². The molecule has 4 N–H and O–H groups in total. The maximum Gasteiger partial charge on any atom is 0.423 e. The Morgan fingerprint density at radius 2 is 1.92 bits per heavy atom. The molecule has 0 aliphatic rings. The van der Waals surface area contributed by atoms with Crippen LogP contribution in [0.15, 0.2) is 30.3 Å². The molecule has 1 amide bonds. The Hall–Kier alpha value is -1.64. The number of carbonyl (C=O) groups excluding carboxylic acids is 1. The monoisotopic (exact) mass is 371 g/mol. The van der Waals surface area contributed by atoms with Crippen LogP contribution >= 0.6 is 0 Å². The highest BCUT2D eigenvalue weighted by Crippen LogP contribution is 2.05. The van der Waals surface area contributed by atoms with E-state index in [0.29, 0.717) is 19.5 Å². The number of unbranched alkanes of at least 4 members (excludes halogenated alkanes) is 1. The van der Waals surface area contributed by atoms with Crippen molar-refractivity contribution in [1.29, 1.82) is 0 Å². The number of rotatable bonds is 11. The van der Waals surface area contributed by atoms with Gasteiger partial charge < -0.3 is 20.6 Å². The average molecular weight is 372 g/mol. The fourth-order valence-electron chi connectivity index (χ4n) is 2.47. The normalized spacial score (nSPS) is 13.9. The second-order valence-corrected chi connectivity index (χ2v) is 7.77. The highest BCUT2D eigenvalue weighted by atomic mass is 32.2. The lowest BCUT2D eigenvalue weighted by Gasteiger charge is -2.21. The van der Waals surface area contributed by atoms with Gasteiger partial charge in [-0.05, 0) is 38.3 Å². The van der Waals surface area contributed by atoms with E-state index in [1.165, 1.54) is 5.56 Å². The summed E-state index contributed by atoms with van der Waals surface area (Å²) in [6, 6.07) is 10.1. The third-order valence-electron chi connectivity index (χ3n) is 3.65. The molecule has 1 aromatic rings. The molecule has 0 aromatic heterocycles. The summed E-state index contributed by atoms with van der Waals surface area (Å²) in [5, 5.41) is 5.98. The van der Waals surface area contributed by atoms with Crippen molar-refractivity contribution in [3.63, 3.8) is 0 Å². The number of nitrogens with one attached hydrogen (secondary N) is 2. The number of hydrogen-bond acceptors (Lipinski definition) is 6. The summed E-state index contributed by atoms with van der Waals surface area (Å²) in [5.41, 5.74) is 6.73. The first kappa shape index (κ1) is 21.4. The van der Waals surface area contributed by atoms with Crippen LogP contribution in [-0.2, 0) is 20.7 Å². The first-order valence-electron chi connectivity index (χ1n) is 8.47. The molecule has 0 bridgehead atoms. The van der Waals surface area contributed by atoms with Crippen LogP contribution < -0.4 is 16.4 Å². The largest absolute Gasteiger partial charge is 0.423 e. The molecular formula is C17H29N3O4S. The van der Waals surface area contributed by atoms with E-state index in [4.69, 9.17) is 5.73 Å². The van der Waals surface area contributed by atoms with Gasteiger partial charge in [-0.15, -0.1) is 0 Å². The molecule has 1 aromatic carbocycles. The molecule has 1 rings (SSSR count). The number of benzene rings is 1. The Bertz CT molecular complexity index is 608. The van der Waals surface area contributed by atoms with Gasteiger partial charge in [-0.25, -0.2) is 4.79 Å². The van der Waals surface area contributed by atoms with E-state index < -0.39 is 16.2 Å². The minimum atomic E-state index is -3.82. The average Bonchev–Trinajstić information content (AvgIpc) is 2.52. The Morgan fingerprint density at radius 1 is 1.24 bits per heavy atom. The maximum atomic E-state index is 11.7. The molecular weight excluding hydrogens is 342 g/mol. The van der Waals surface area contributed by atoms with E-state index in [1.54, 1.807) is 0 Å². The van der Waals surface area contributed by atoms with E-state index in [0.717, 1.165) is 25.5 Å². The molecule has 0 saturated carbocycles. The van der Waals surface area contributed by atoms with Crippen LogP contribution in [0.1, 0.15) is 31.7 Å². The number of amides is 1. The molecule has 0 heterocycles. The van der Waals surface area contributed by atoms with Gasteiger partial charge >= 0.3 is 16.2 Å². The summed E-state index contributed by atoms with van der Waals surface area (Å²) in [6.45, 7) is 3.18. The lowest BCUT2D eigenvalue weighted by molar-refractivity contribution is 0.196. The first-order valence-corrected chi connectivity index (χ1v) is 10.3. The van der Waals surface area contributed by atoms with Crippen LogP contribution in [0.3, 0.4) is 0 Å². The van der Waals surface area contributed by atoms with Gasteiger partial charge in [-0.2, -0.15) is 8.42 Å². The van der Waals surface area contributed by atoms with Gasteiger partial charge in [0.1, 0.15) is 0 Å². The standard InChI is InChI=1S/C17H29N3O4S/c1-14(12-15-8-4-3-5-9-15)19-13-16(10-6-7-11-18)20-17(21)24-25(2,22)23/h3-5,8-9,14,16,19H,6-7,10-13,18H2,1-2H3,(H,20,21)/t14-,16-/m0/s1. The Kier molecular flexibility index (Phi) is 9.48. The summed E-state index contributed by atoms with van der Waals surface area (Å²) in [7, 11) is -3.82. The van der Waals surface area contributed by atoms with Crippen LogP contribution in [0.2, 0.25) is 0 Å². The van der Waals surface area contributed by atoms with Gasteiger partial charge in [0.15, 0.2) is 0 Å². The molecule has 0 aliphatic heterocycles. The van der Waals surface area contributed by atoms with Crippen molar-refractivity contribution in [2.45, 2.75) is 44.7 Å². The summed E-state index contributed by atoms with van der Waals surface area (Å²) in [4.78, 5) is 11.7. The molecule has 0 unspecified atom stereocenters. The van der Waals surface area contributed by atoms with Crippen LogP contribution in [0, 0.1) is 0 Å². The number of hydrogen-bond donors (Lipinski definition) is 3. The van der Waals surface area contributed by atoms with E-state index in [9.17, 15) is 13.2 Å². The molecule has 2 atom stereocenters. The minimum absolute atomic E-state index is 0.215. The highest BCUT2D eigenvalue weighted by Gasteiger charge is 2.17. The highest BCUT2D eigenvalue weighted by molar-refractivity contribution is 7.86. The lowest BCUT2D eigenvalue weighted by atomic mass is 10.1. The predicted molar refractivity (Wildman–Crippen MR) is 98.8 cm³/mol. The zero-order valence-electron chi connectivity index (χ0n) is 14.9. The molecule has 0 spiro atoms. The Balaban J connectivity index is 2.49. The second kappa shape index (κ2) is 11.1. The number of carbonyl (C=O) groups is 1. The molecule has 8 heteroatoms. The predicted octanol–water partition coefficient (Wildman–Crippen LogP) is 1.39. The van der Waals surface area contributed by atoms with Crippen molar-refractivity contribution < 1.29 is 17.4 Å². The number of nitrogens with two attached hydrogens (primary N) is 1. The zero-order valence-corrected chi connectivity index (χ0v) is 15.7. The minimum Gasteiger partial charge on any atom is -0.330 e. The third kappa shape index (κ3) is 10.8. The van der Waals surface area contributed by atoms with Crippen molar-refractivity contribution in [2.75, 3.05) is 19.3 Å². The van der Waals surface area contributed by atoms with E-state index in [-0.39, 0.29) is 12.1 Å². The third-order valence-corrected chi connectivity index (χ3v) is 4.11. The Morgan fingerprint density at radius 3 is 2.52 bits per heavy atom. The molecule has 142 valence electrons. The van der Waals surface area contributed by atoms with Crippen molar-refractivity contribution in [1.82, 2.24) is 10.6 Å². The SMILES string of the molecule is C[C@@H](Cc1ccccc1)NC[C@H](CCCCN)NC(=O)OS(C)(=O)=O. The first-order chi connectivity index (χ1) is 11.8. The van der Waals surface area contributed by atoms with Gasteiger partial charge in [0.25, 0.3) is 0 Å². The van der Waals surface area contributed by atoms with Gasteiger partial charge in [0, 0.05) is 18.6 Å². The molecule has 0 fully saturated rings. The van der Waals surface area contributed by atoms with Gasteiger partial charge in [-0.1, -0.05) is 36.8 Å². The van der Waals surface area contributed by atoms with Gasteiger partial charge in [0.05, 0.1) is 6.26 Å². The van der Waals surface area contributed by atoms with Gasteiger partial charge in [0.2, 0.25) is 0 Å². The summed E-state index contributed by atoms with van der Waals surface area (Å²) in [5.74, 6) is 0. The van der Waals surface area contributed by atoms with Crippen LogP contribution in [-0.4, -0.2) is 45.9 Å². The van der Waals surface area contributed by atoms with Crippen molar-refractivity contribution in [3.05, 3.63) is 35.9 Å². The molecule has 25 heavy (non-hydrogen) atoms. The Labute approximate surface area is 150 Å². The smallest absolute Gasteiger partial charge is 0.330 e. The van der Waals surface area contributed by atoms with Crippen LogP contribution in [0.25, 0.3) is 0 Å². The zero-order chi connectivity index (χ0) is 18.7. The van der Waals surface area contributed by atoms with E-state index >= 15 is 0 Å². The maximum absolute atomic E-state index is 11.7. The fourth-order valence-corrected chi connectivity index (χ4v) is 2.79. The quantitative estimate of drug-likeness (QED) is 0.400. The van der Waals surface area contributed by atoms with Crippen molar-refractivity contribution in [3.8, 4) is 0 Å². The fraction of sp³-hybridized carbons (Fsp3) is 0.588. The molecule has 0 aliphatic carbocycles.